The standard InChI is InChI=1S/C34H40ClN3O5/c1-6-18-36(24-14-10-9-11-15-24)30(40)27-28-31(41)38(23(8-3)21-39)29(34(28)20-22(4)33(27,5)43-34)32(42)37(19-7-2)26-17-13-12-16-25(26)35/h6-7,9-17,22-23,27-29,39H,1-2,8,18-21H2,3-5H3/t22?,23-,27+,28-,29?,33-,34?/m0/s1. The molecule has 43 heavy (non-hydrogen) atoms. The Morgan fingerprint density at radius 3 is 2.33 bits per heavy atom. The fourth-order valence-corrected chi connectivity index (χ4v) is 7.86. The van der Waals surface area contributed by atoms with E-state index in [1.54, 1.807) is 41.3 Å². The van der Waals surface area contributed by atoms with Gasteiger partial charge in [-0.15, -0.1) is 13.2 Å². The van der Waals surface area contributed by atoms with Gasteiger partial charge in [0.25, 0.3) is 5.91 Å². The number of hydrogen-bond acceptors (Lipinski definition) is 5. The van der Waals surface area contributed by atoms with Gasteiger partial charge in [-0.3, -0.25) is 14.4 Å². The van der Waals surface area contributed by atoms with Gasteiger partial charge in [-0.1, -0.05) is 67.9 Å². The number of hydrogen-bond donors (Lipinski definition) is 1. The van der Waals surface area contributed by atoms with Gasteiger partial charge in [0.05, 0.1) is 40.8 Å². The van der Waals surface area contributed by atoms with E-state index in [2.05, 4.69) is 13.2 Å². The first-order valence-corrected chi connectivity index (χ1v) is 15.3. The molecule has 0 radical (unpaired) electrons. The molecule has 3 unspecified atom stereocenters. The first kappa shape index (κ1) is 31.0. The van der Waals surface area contributed by atoms with Crippen molar-refractivity contribution in [2.45, 2.75) is 56.9 Å². The Balaban J connectivity index is 1.66. The van der Waals surface area contributed by atoms with Crippen LogP contribution in [-0.2, 0) is 19.1 Å². The molecule has 3 aliphatic rings. The minimum absolute atomic E-state index is 0.135. The maximum absolute atomic E-state index is 14.8. The van der Waals surface area contributed by atoms with Crippen molar-refractivity contribution >= 4 is 40.7 Å². The molecule has 3 amide bonds. The predicted octanol–water partition coefficient (Wildman–Crippen LogP) is 4.86. The molecule has 2 bridgehead atoms. The zero-order valence-corrected chi connectivity index (χ0v) is 25.7. The molecule has 3 heterocycles. The molecule has 228 valence electrons. The van der Waals surface area contributed by atoms with E-state index in [0.29, 0.717) is 29.2 Å². The van der Waals surface area contributed by atoms with E-state index < -0.39 is 35.1 Å². The quantitative estimate of drug-likeness (QED) is 0.370. The summed E-state index contributed by atoms with van der Waals surface area (Å²) in [5.41, 5.74) is -1.10. The topological polar surface area (TPSA) is 90.4 Å². The van der Waals surface area contributed by atoms with Crippen LogP contribution in [0, 0.1) is 17.8 Å². The van der Waals surface area contributed by atoms with Crippen LogP contribution >= 0.6 is 11.6 Å². The second-order valence-corrected chi connectivity index (χ2v) is 12.4. The van der Waals surface area contributed by atoms with Crippen LogP contribution in [0.1, 0.15) is 33.6 Å². The van der Waals surface area contributed by atoms with Crippen molar-refractivity contribution in [1.29, 1.82) is 0 Å². The molecule has 3 saturated heterocycles. The zero-order valence-electron chi connectivity index (χ0n) is 25.0. The van der Waals surface area contributed by atoms with Gasteiger partial charge in [0.1, 0.15) is 11.6 Å². The molecule has 9 heteroatoms. The maximum Gasteiger partial charge on any atom is 0.253 e. The van der Waals surface area contributed by atoms with E-state index in [9.17, 15) is 19.5 Å². The number of anilines is 2. The molecule has 2 aromatic carbocycles. The molecule has 0 saturated carbocycles. The van der Waals surface area contributed by atoms with Gasteiger partial charge in [-0.2, -0.15) is 0 Å². The van der Waals surface area contributed by atoms with Crippen molar-refractivity contribution < 1.29 is 24.2 Å². The molecule has 1 N–H and O–H groups in total. The Hall–Kier alpha value is -3.46. The molecule has 2 aromatic rings. The summed E-state index contributed by atoms with van der Waals surface area (Å²) >= 11 is 6.57. The monoisotopic (exact) mass is 605 g/mol. The second-order valence-electron chi connectivity index (χ2n) is 12.0. The Kier molecular flexibility index (Phi) is 8.58. The maximum atomic E-state index is 14.8. The first-order chi connectivity index (χ1) is 20.6. The van der Waals surface area contributed by atoms with E-state index in [-0.39, 0.29) is 43.3 Å². The molecule has 1 spiro atoms. The van der Waals surface area contributed by atoms with Crippen molar-refractivity contribution in [3.05, 3.63) is 84.9 Å². The highest BCUT2D eigenvalue weighted by Crippen LogP contribution is 2.66. The summed E-state index contributed by atoms with van der Waals surface area (Å²) in [6.45, 7) is 13.5. The van der Waals surface area contributed by atoms with E-state index in [4.69, 9.17) is 16.3 Å². The van der Waals surface area contributed by atoms with E-state index >= 15 is 0 Å². The molecular formula is C34H40ClN3O5. The zero-order chi connectivity index (χ0) is 31.1. The third-order valence-electron chi connectivity index (χ3n) is 9.69. The fourth-order valence-electron chi connectivity index (χ4n) is 7.62. The largest absolute Gasteiger partial charge is 0.394 e. The van der Waals surface area contributed by atoms with Gasteiger partial charge in [-0.05, 0) is 49.9 Å². The van der Waals surface area contributed by atoms with Crippen LogP contribution in [0.15, 0.2) is 79.9 Å². The minimum Gasteiger partial charge on any atom is -0.394 e. The smallest absolute Gasteiger partial charge is 0.253 e. The highest BCUT2D eigenvalue weighted by Gasteiger charge is 2.80. The number of amides is 3. The van der Waals surface area contributed by atoms with Crippen LogP contribution in [0.5, 0.6) is 0 Å². The van der Waals surface area contributed by atoms with Crippen LogP contribution < -0.4 is 9.80 Å². The highest BCUT2D eigenvalue weighted by molar-refractivity contribution is 6.34. The van der Waals surface area contributed by atoms with E-state index in [0.717, 1.165) is 0 Å². The molecule has 3 aliphatic heterocycles. The number of benzene rings is 2. The number of aliphatic hydroxyl groups excluding tert-OH is 1. The Labute approximate surface area is 258 Å². The number of carbonyl (C=O) groups excluding carboxylic acids is 3. The minimum atomic E-state index is -1.28. The third kappa shape index (κ3) is 4.71. The summed E-state index contributed by atoms with van der Waals surface area (Å²) in [5, 5.41) is 10.8. The number of ether oxygens (including phenoxy) is 1. The number of carbonyl (C=O) groups is 3. The number of rotatable bonds is 11. The summed E-state index contributed by atoms with van der Waals surface area (Å²) in [7, 11) is 0. The highest BCUT2D eigenvalue weighted by atomic mass is 35.5. The van der Waals surface area contributed by atoms with Gasteiger partial charge >= 0.3 is 0 Å². The lowest BCUT2D eigenvalue weighted by atomic mass is 9.62. The van der Waals surface area contributed by atoms with Gasteiger partial charge in [0.2, 0.25) is 11.8 Å². The fraction of sp³-hybridized carbons (Fsp3) is 0.441. The normalized spacial score (nSPS) is 29.7. The average Bonchev–Trinajstić information content (AvgIpc) is 3.52. The molecule has 0 aromatic heterocycles. The number of fused-ring (bicyclic) bond motifs is 1. The summed E-state index contributed by atoms with van der Waals surface area (Å²) in [6, 6.07) is 14.6. The number of nitrogens with zero attached hydrogens (tertiary/aromatic N) is 3. The summed E-state index contributed by atoms with van der Waals surface area (Å²) in [4.78, 5) is 48.7. The Morgan fingerprint density at radius 2 is 1.72 bits per heavy atom. The van der Waals surface area contributed by atoms with Crippen LogP contribution in [0.2, 0.25) is 5.02 Å². The molecule has 8 nitrogen and oxygen atoms in total. The summed E-state index contributed by atoms with van der Waals surface area (Å²) < 4.78 is 6.93. The lowest BCUT2D eigenvalue weighted by Gasteiger charge is -2.39. The summed E-state index contributed by atoms with van der Waals surface area (Å²) in [5.74, 6) is -2.88. The molecule has 3 fully saturated rings. The van der Waals surface area contributed by atoms with Gasteiger partial charge in [-0.25, -0.2) is 0 Å². The SMILES string of the molecule is C=CCN(C(=O)[C@H]1[C@H]2C(=O)N([C@@H](CC)CO)C(C(=O)N(CC=C)c3ccccc3Cl)C23CC(C)[C@]1(C)O3)c1ccccc1. The first-order valence-electron chi connectivity index (χ1n) is 14.9. The third-order valence-corrected chi connectivity index (χ3v) is 10.0. The Morgan fingerprint density at radius 1 is 1.09 bits per heavy atom. The van der Waals surface area contributed by atoms with Crippen LogP contribution in [-0.4, -0.2) is 70.7 Å². The van der Waals surface area contributed by atoms with Crippen molar-refractivity contribution in [1.82, 2.24) is 4.90 Å². The van der Waals surface area contributed by atoms with Crippen molar-refractivity contribution in [2.75, 3.05) is 29.5 Å². The molecule has 5 rings (SSSR count). The average molecular weight is 606 g/mol. The van der Waals surface area contributed by atoms with Crippen molar-refractivity contribution in [3.8, 4) is 0 Å². The molecule has 0 aliphatic carbocycles. The Bertz CT molecular complexity index is 1410. The van der Waals surface area contributed by atoms with Crippen molar-refractivity contribution in [3.63, 3.8) is 0 Å². The molecule has 7 atom stereocenters. The van der Waals surface area contributed by atoms with Gasteiger partial charge in [0.15, 0.2) is 0 Å². The van der Waals surface area contributed by atoms with Crippen molar-refractivity contribution in [2.24, 2.45) is 17.8 Å². The van der Waals surface area contributed by atoms with Crippen LogP contribution in [0.25, 0.3) is 0 Å². The number of para-hydroxylation sites is 2. The van der Waals surface area contributed by atoms with E-state index in [1.165, 1.54) is 9.80 Å². The second kappa shape index (κ2) is 11.9. The lowest BCUT2D eigenvalue weighted by molar-refractivity contribution is -0.149. The number of halogens is 1. The lowest BCUT2D eigenvalue weighted by Crippen LogP contribution is -2.59. The van der Waals surface area contributed by atoms with E-state index in [1.807, 2.05) is 51.1 Å². The number of aliphatic hydroxyl groups is 1. The molecular weight excluding hydrogens is 566 g/mol. The predicted molar refractivity (Wildman–Crippen MR) is 168 cm³/mol. The van der Waals surface area contributed by atoms with Crippen LogP contribution in [0.3, 0.4) is 0 Å². The van der Waals surface area contributed by atoms with Crippen LogP contribution in [0.4, 0.5) is 11.4 Å². The van der Waals surface area contributed by atoms with Gasteiger partial charge in [0, 0.05) is 18.8 Å². The number of likely N-dealkylation sites (tertiary alicyclic amines) is 1. The van der Waals surface area contributed by atoms with Gasteiger partial charge < -0.3 is 24.5 Å². The summed E-state index contributed by atoms with van der Waals surface area (Å²) in [6.07, 6.45) is 4.10.